The highest BCUT2D eigenvalue weighted by molar-refractivity contribution is 5.67. The van der Waals surface area contributed by atoms with Gasteiger partial charge in [-0.2, -0.15) is 0 Å². The number of aliphatic hydroxyl groups excluding tert-OH is 1. The molecule has 1 fully saturated rings. The fourth-order valence-electron chi connectivity index (χ4n) is 2.63. The lowest BCUT2D eigenvalue weighted by Crippen LogP contribution is -2.20. The number of carboxylic acid groups (broad SMARTS) is 1. The molecule has 0 spiro atoms. The number of ether oxygens (including phenoxy) is 1. The van der Waals surface area contributed by atoms with E-state index in [0.717, 1.165) is 37.4 Å². The number of hydrogen-bond donors (Lipinski definition) is 2. The molecule has 0 radical (unpaired) electrons. The summed E-state index contributed by atoms with van der Waals surface area (Å²) >= 11 is 0. The van der Waals surface area contributed by atoms with Gasteiger partial charge in [0.1, 0.15) is 12.4 Å². The number of likely N-dealkylation sites (tertiary alicyclic amines) is 1. The van der Waals surface area contributed by atoms with Crippen molar-refractivity contribution in [1.82, 2.24) is 4.90 Å². The van der Waals surface area contributed by atoms with Crippen LogP contribution in [-0.4, -0.2) is 47.4 Å². The Bertz CT molecular complexity index is 449. The van der Waals surface area contributed by atoms with E-state index < -0.39 is 5.97 Å². The molecule has 1 saturated heterocycles. The van der Waals surface area contributed by atoms with Gasteiger partial charge in [-0.05, 0) is 36.6 Å². The number of carbonyl (C=O) groups is 1. The van der Waals surface area contributed by atoms with Crippen LogP contribution in [0.4, 0.5) is 0 Å². The topological polar surface area (TPSA) is 70.0 Å². The Labute approximate surface area is 118 Å². The lowest BCUT2D eigenvalue weighted by Gasteiger charge is -2.16. The first kappa shape index (κ1) is 14.8. The minimum Gasteiger partial charge on any atom is -0.491 e. The maximum absolute atomic E-state index is 10.7. The van der Waals surface area contributed by atoms with Crippen molar-refractivity contribution in [2.45, 2.75) is 19.4 Å². The highest BCUT2D eigenvalue weighted by Crippen LogP contribution is 2.22. The van der Waals surface area contributed by atoms with Gasteiger partial charge in [0.25, 0.3) is 0 Å². The van der Waals surface area contributed by atoms with Gasteiger partial charge in [-0.1, -0.05) is 12.1 Å². The monoisotopic (exact) mass is 279 g/mol. The van der Waals surface area contributed by atoms with Crippen LogP contribution >= 0.6 is 0 Å². The number of aliphatic carboxylic acids is 1. The molecule has 0 aromatic heterocycles. The lowest BCUT2D eigenvalue weighted by molar-refractivity contribution is -0.138. The first-order valence-electron chi connectivity index (χ1n) is 6.94. The van der Waals surface area contributed by atoms with Gasteiger partial charge in [0.05, 0.1) is 6.61 Å². The van der Waals surface area contributed by atoms with E-state index in [1.807, 2.05) is 24.3 Å². The molecule has 1 aromatic rings. The summed E-state index contributed by atoms with van der Waals surface area (Å²) in [5.41, 5.74) is 1.15. The predicted octanol–water partition coefficient (Wildman–Crippen LogP) is 1.35. The van der Waals surface area contributed by atoms with E-state index in [1.165, 1.54) is 0 Å². The Hall–Kier alpha value is -1.59. The van der Waals surface area contributed by atoms with Gasteiger partial charge >= 0.3 is 5.97 Å². The molecule has 5 heteroatoms. The molecule has 2 rings (SSSR count). The summed E-state index contributed by atoms with van der Waals surface area (Å²) in [5, 5.41) is 17.6. The molecule has 5 nitrogen and oxygen atoms in total. The van der Waals surface area contributed by atoms with Gasteiger partial charge in [0.15, 0.2) is 0 Å². The van der Waals surface area contributed by atoms with Crippen LogP contribution in [-0.2, 0) is 11.3 Å². The summed E-state index contributed by atoms with van der Waals surface area (Å²) in [4.78, 5) is 13.0. The molecule has 1 aliphatic rings. The molecular formula is C15H21NO4. The number of carboxylic acids is 1. The molecule has 0 aliphatic carbocycles. The molecule has 20 heavy (non-hydrogen) atoms. The van der Waals surface area contributed by atoms with E-state index in [2.05, 4.69) is 4.90 Å². The molecule has 1 heterocycles. The Kier molecular flexibility index (Phi) is 5.38. The third-order valence-corrected chi connectivity index (χ3v) is 3.50. The fourth-order valence-corrected chi connectivity index (χ4v) is 2.63. The average Bonchev–Trinajstić information content (AvgIpc) is 2.83. The SMILES string of the molecule is O=C(O)C[C@@H]1CCN(Cc2cccc(OCCO)c2)C1. The van der Waals surface area contributed by atoms with E-state index >= 15 is 0 Å². The molecule has 1 atom stereocenters. The quantitative estimate of drug-likeness (QED) is 0.788. The van der Waals surface area contributed by atoms with Crippen LogP contribution < -0.4 is 4.74 Å². The number of hydrogen-bond acceptors (Lipinski definition) is 4. The van der Waals surface area contributed by atoms with Crippen LogP contribution in [0.5, 0.6) is 5.75 Å². The summed E-state index contributed by atoms with van der Waals surface area (Å²) in [7, 11) is 0. The second-order valence-electron chi connectivity index (χ2n) is 5.21. The molecular weight excluding hydrogens is 258 g/mol. The van der Waals surface area contributed by atoms with Crippen LogP contribution in [0, 0.1) is 5.92 Å². The summed E-state index contributed by atoms with van der Waals surface area (Å²) in [5.74, 6) is 0.315. The van der Waals surface area contributed by atoms with Crippen LogP contribution in [0.1, 0.15) is 18.4 Å². The highest BCUT2D eigenvalue weighted by Gasteiger charge is 2.24. The third-order valence-electron chi connectivity index (χ3n) is 3.50. The van der Waals surface area contributed by atoms with Gasteiger partial charge in [-0.25, -0.2) is 0 Å². The first-order valence-corrected chi connectivity index (χ1v) is 6.94. The van der Waals surface area contributed by atoms with Gasteiger partial charge in [-0.15, -0.1) is 0 Å². The Morgan fingerprint density at radius 2 is 2.30 bits per heavy atom. The molecule has 0 bridgehead atoms. The van der Waals surface area contributed by atoms with Crippen molar-refractivity contribution in [1.29, 1.82) is 0 Å². The van der Waals surface area contributed by atoms with E-state index in [9.17, 15) is 4.79 Å². The minimum atomic E-state index is -0.712. The van der Waals surface area contributed by atoms with Crippen molar-refractivity contribution in [2.24, 2.45) is 5.92 Å². The average molecular weight is 279 g/mol. The number of rotatable bonds is 7. The maximum Gasteiger partial charge on any atom is 0.303 e. The molecule has 1 aromatic carbocycles. The molecule has 1 aliphatic heterocycles. The van der Waals surface area contributed by atoms with E-state index in [0.29, 0.717) is 6.61 Å². The van der Waals surface area contributed by atoms with Crippen LogP contribution in [0.2, 0.25) is 0 Å². The second-order valence-corrected chi connectivity index (χ2v) is 5.21. The Balaban J connectivity index is 1.86. The lowest BCUT2D eigenvalue weighted by atomic mass is 10.1. The van der Waals surface area contributed by atoms with Crippen molar-refractivity contribution in [3.05, 3.63) is 29.8 Å². The normalized spacial score (nSPS) is 19.1. The summed E-state index contributed by atoms with van der Waals surface area (Å²) < 4.78 is 5.39. The second kappa shape index (κ2) is 7.26. The minimum absolute atomic E-state index is 0.00716. The van der Waals surface area contributed by atoms with E-state index in [1.54, 1.807) is 0 Å². The van der Waals surface area contributed by atoms with Gasteiger partial charge in [-0.3, -0.25) is 9.69 Å². The van der Waals surface area contributed by atoms with Crippen LogP contribution in [0.15, 0.2) is 24.3 Å². The summed E-state index contributed by atoms with van der Waals surface area (Å²) in [6, 6.07) is 7.82. The molecule has 2 N–H and O–H groups in total. The smallest absolute Gasteiger partial charge is 0.303 e. The van der Waals surface area contributed by atoms with Crippen molar-refractivity contribution in [3.8, 4) is 5.75 Å². The largest absolute Gasteiger partial charge is 0.491 e. The van der Waals surface area contributed by atoms with Gasteiger partial charge < -0.3 is 14.9 Å². The van der Waals surface area contributed by atoms with Crippen LogP contribution in [0.25, 0.3) is 0 Å². The third kappa shape index (κ3) is 4.51. The van der Waals surface area contributed by atoms with E-state index in [4.69, 9.17) is 14.9 Å². The first-order chi connectivity index (χ1) is 9.67. The zero-order chi connectivity index (χ0) is 14.4. The molecule has 110 valence electrons. The molecule has 0 unspecified atom stereocenters. The zero-order valence-corrected chi connectivity index (χ0v) is 11.5. The highest BCUT2D eigenvalue weighted by atomic mass is 16.5. The Morgan fingerprint density at radius 1 is 1.45 bits per heavy atom. The Morgan fingerprint density at radius 3 is 3.05 bits per heavy atom. The van der Waals surface area contributed by atoms with Crippen LogP contribution in [0.3, 0.4) is 0 Å². The summed E-state index contributed by atoms with van der Waals surface area (Å²) in [6.07, 6.45) is 1.21. The predicted molar refractivity (Wildman–Crippen MR) is 74.7 cm³/mol. The van der Waals surface area contributed by atoms with E-state index in [-0.39, 0.29) is 18.9 Å². The zero-order valence-electron chi connectivity index (χ0n) is 11.5. The molecule has 0 amide bonds. The number of aliphatic hydroxyl groups is 1. The number of nitrogens with zero attached hydrogens (tertiary/aromatic N) is 1. The maximum atomic E-state index is 10.7. The van der Waals surface area contributed by atoms with Crippen molar-refractivity contribution >= 4 is 5.97 Å². The fraction of sp³-hybridized carbons (Fsp3) is 0.533. The van der Waals surface area contributed by atoms with Gasteiger partial charge in [0, 0.05) is 19.5 Å². The van der Waals surface area contributed by atoms with Crippen molar-refractivity contribution in [3.63, 3.8) is 0 Å². The molecule has 0 saturated carbocycles. The van der Waals surface area contributed by atoms with Crippen molar-refractivity contribution < 1.29 is 19.7 Å². The summed E-state index contributed by atoms with van der Waals surface area (Å²) in [6.45, 7) is 2.90. The van der Waals surface area contributed by atoms with Gasteiger partial charge in [0.2, 0.25) is 0 Å². The van der Waals surface area contributed by atoms with Crippen molar-refractivity contribution in [2.75, 3.05) is 26.3 Å². The standard InChI is InChI=1S/C15H21NO4/c17-6-7-20-14-3-1-2-12(8-14)10-16-5-4-13(11-16)9-15(18)19/h1-3,8,13,17H,4-7,9-11H2,(H,18,19)/t13-/m0/s1. The number of benzene rings is 1.